The molecular formula is C22H23ClN4O4. The summed E-state index contributed by atoms with van der Waals surface area (Å²) in [6.45, 7) is 5.82. The largest absolute Gasteiger partial charge is 0.492 e. The second kappa shape index (κ2) is 10.1. The van der Waals surface area contributed by atoms with E-state index in [1.165, 1.54) is 0 Å². The molecule has 0 atom stereocenters. The minimum Gasteiger partial charge on any atom is -0.492 e. The van der Waals surface area contributed by atoms with Gasteiger partial charge in [-0.1, -0.05) is 23.7 Å². The Hall–Kier alpha value is -3.39. The van der Waals surface area contributed by atoms with Crippen molar-refractivity contribution in [2.24, 2.45) is 0 Å². The van der Waals surface area contributed by atoms with Crippen LogP contribution in [0.3, 0.4) is 0 Å². The molecule has 2 aromatic heterocycles. The third kappa shape index (κ3) is 6.05. The quantitative estimate of drug-likeness (QED) is 0.425. The Kier molecular flexibility index (Phi) is 7.25. The van der Waals surface area contributed by atoms with Gasteiger partial charge in [0.2, 0.25) is 0 Å². The second-order valence-electron chi connectivity index (χ2n) is 6.93. The SMILES string of the molecule is Cc1cccc(OCCNC(=O)COC(=O)c2nc(-n3nc(C)cc3C)ccc2Cl)c1. The van der Waals surface area contributed by atoms with Gasteiger partial charge >= 0.3 is 5.97 Å². The summed E-state index contributed by atoms with van der Waals surface area (Å²) in [7, 11) is 0. The summed E-state index contributed by atoms with van der Waals surface area (Å²) < 4.78 is 12.2. The van der Waals surface area contributed by atoms with Gasteiger partial charge in [0.25, 0.3) is 5.91 Å². The molecule has 1 aromatic carbocycles. The van der Waals surface area contributed by atoms with E-state index in [4.69, 9.17) is 21.1 Å². The van der Waals surface area contributed by atoms with Crippen molar-refractivity contribution < 1.29 is 19.1 Å². The van der Waals surface area contributed by atoms with Crippen molar-refractivity contribution in [3.05, 3.63) is 70.1 Å². The molecule has 31 heavy (non-hydrogen) atoms. The predicted octanol–water partition coefficient (Wildman–Crippen LogP) is 3.20. The lowest BCUT2D eigenvalue weighted by Crippen LogP contribution is -2.32. The molecule has 0 aliphatic rings. The number of halogens is 1. The Morgan fingerprint density at radius 3 is 2.65 bits per heavy atom. The summed E-state index contributed by atoms with van der Waals surface area (Å²) in [5.41, 5.74) is 2.69. The van der Waals surface area contributed by atoms with Gasteiger partial charge in [-0.05, 0) is 56.7 Å². The van der Waals surface area contributed by atoms with Gasteiger partial charge in [-0.25, -0.2) is 14.5 Å². The molecule has 162 valence electrons. The van der Waals surface area contributed by atoms with Crippen molar-refractivity contribution in [1.82, 2.24) is 20.1 Å². The smallest absolute Gasteiger partial charge is 0.359 e. The van der Waals surface area contributed by atoms with Crippen molar-refractivity contribution >= 4 is 23.5 Å². The van der Waals surface area contributed by atoms with Crippen molar-refractivity contribution in [3.8, 4) is 11.6 Å². The van der Waals surface area contributed by atoms with E-state index in [2.05, 4.69) is 15.4 Å². The molecule has 0 saturated heterocycles. The first kappa shape index (κ1) is 22.3. The number of ether oxygens (including phenoxy) is 2. The molecule has 1 amide bonds. The number of benzene rings is 1. The molecule has 1 N–H and O–H groups in total. The molecule has 0 saturated carbocycles. The summed E-state index contributed by atoms with van der Waals surface area (Å²) in [6, 6.07) is 12.7. The standard InChI is InChI=1S/C22H23ClN4O4/c1-14-5-4-6-17(11-14)30-10-9-24-20(28)13-31-22(29)21-18(23)7-8-19(25-21)27-16(3)12-15(2)26-27/h4-8,11-12H,9-10,13H2,1-3H3,(H,24,28). The molecule has 0 bridgehead atoms. The molecule has 9 heteroatoms. The van der Waals surface area contributed by atoms with Crippen molar-refractivity contribution in [2.75, 3.05) is 19.8 Å². The maximum absolute atomic E-state index is 12.4. The average molecular weight is 443 g/mol. The minimum absolute atomic E-state index is 0.0812. The van der Waals surface area contributed by atoms with E-state index in [0.29, 0.717) is 12.4 Å². The molecule has 3 rings (SSSR count). The summed E-state index contributed by atoms with van der Waals surface area (Å²) >= 11 is 6.10. The number of hydrogen-bond donors (Lipinski definition) is 1. The van der Waals surface area contributed by atoms with Gasteiger partial charge in [0.05, 0.1) is 17.3 Å². The number of aryl methyl sites for hydroxylation is 3. The fourth-order valence-electron chi connectivity index (χ4n) is 2.87. The highest BCUT2D eigenvalue weighted by molar-refractivity contribution is 6.33. The molecule has 3 aromatic rings. The van der Waals surface area contributed by atoms with E-state index >= 15 is 0 Å². The van der Waals surface area contributed by atoms with Crippen molar-refractivity contribution in [3.63, 3.8) is 0 Å². The zero-order chi connectivity index (χ0) is 22.4. The fourth-order valence-corrected chi connectivity index (χ4v) is 3.05. The number of amides is 1. The molecule has 8 nitrogen and oxygen atoms in total. The third-order valence-electron chi connectivity index (χ3n) is 4.27. The maximum Gasteiger partial charge on any atom is 0.359 e. The van der Waals surface area contributed by atoms with Crippen molar-refractivity contribution in [1.29, 1.82) is 0 Å². The molecule has 0 fully saturated rings. The first-order chi connectivity index (χ1) is 14.8. The fraction of sp³-hybridized carbons (Fsp3) is 0.273. The second-order valence-corrected chi connectivity index (χ2v) is 7.34. The van der Waals surface area contributed by atoms with Gasteiger partial charge in [0.15, 0.2) is 18.1 Å². The van der Waals surface area contributed by atoms with E-state index in [1.807, 2.05) is 51.1 Å². The van der Waals surface area contributed by atoms with Crippen LogP contribution in [-0.2, 0) is 9.53 Å². The Bertz CT molecular complexity index is 1100. The first-order valence-corrected chi connectivity index (χ1v) is 10.0. The van der Waals surface area contributed by atoms with Crippen LogP contribution in [0.15, 0.2) is 42.5 Å². The Balaban J connectivity index is 1.50. The van der Waals surface area contributed by atoms with Crippen LogP contribution in [0.2, 0.25) is 5.02 Å². The zero-order valence-electron chi connectivity index (χ0n) is 17.5. The van der Waals surface area contributed by atoms with Gasteiger partial charge in [0.1, 0.15) is 12.4 Å². The number of nitrogens with one attached hydrogen (secondary N) is 1. The molecule has 0 spiro atoms. The van der Waals surface area contributed by atoms with Crippen LogP contribution in [0.5, 0.6) is 5.75 Å². The van der Waals surface area contributed by atoms with Crippen molar-refractivity contribution in [2.45, 2.75) is 20.8 Å². The molecule has 0 aliphatic heterocycles. The summed E-state index contributed by atoms with van der Waals surface area (Å²) in [5.74, 6) is -0.0878. The van der Waals surface area contributed by atoms with E-state index in [9.17, 15) is 9.59 Å². The summed E-state index contributed by atoms with van der Waals surface area (Å²) in [4.78, 5) is 28.6. The molecule has 0 aliphatic carbocycles. The number of rotatable bonds is 8. The van der Waals surface area contributed by atoms with E-state index in [0.717, 1.165) is 22.7 Å². The van der Waals surface area contributed by atoms with Gasteiger partial charge < -0.3 is 14.8 Å². The van der Waals surface area contributed by atoms with E-state index in [1.54, 1.807) is 16.8 Å². The zero-order valence-corrected chi connectivity index (χ0v) is 18.3. The lowest BCUT2D eigenvalue weighted by Gasteiger charge is -2.10. The van der Waals surface area contributed by atoms with Gasteiger partial charge in [-0.2, -0.15) is 5.10 Å². The Morgan fingerprint density at radius 2 is 1.94 bits per heavy atom. The van der Waals surface area contributed by atoms with Crippen LogP contribution >= 0.6 is 11.6 Å². The van der Waals surface area contributed by atoms with Crippen LogP contribution in [-0.4, -0.2) is 46.4 Å². The highest BCUT2D eigenvalue weighted by Gasteiger charge is 2.18. The number of carbonyl (C=O) groups excluding carboxylic acids is 2. The normalized spacial score (nSPS) is 10.6. The van der Waals surface area contributed by atoms with E-state index in [-0.39, 0.29) is 17.3 Å². The van der Waals surface area contributed by atoms with Crippen LogP contribution in [0.1, 0.15) is 27.4 Å². The summed E-state index contributed by atoms with van der Waals surface area (Å²) in [6.07, 6.45) is 0. The minimum atomic E-state index is -0.792. The Morgan fingerprint density at radius 1 is 1.13 bits per heavy atom. The van der Waals surface area contributed by atoms with Crippen LogP contribution < -0.4 is 10.1 Å². The maximum atomic E-state index is 12.4. The molecule has 2 heterocycles. The topological polar surface area (TPSA) is 95.3 Å². The van der Waals surface area contributed by atoms with Crippen LogP contribution in [0.4, 0.5) is 0 Å². The third-order valence-corrected chi connectivity index (χ3v) is 4.57. The molecule has 0 unspecified atom stereocenters. The number of esters is 1. The monoisotopic (exact) mass is 442 g/mol. The van der Waals surface area contributed by atoms with Crippen LogP contribution in [0, 0.1) is 20.8 Å². The number of aromatic nitrogens is 3. The van der Waals surface area contributed by atoms with Gasteiger partial charge in [-0.15, -0.1) is 0 Å². The highest BCUT2D eigenvalue weighted by atomic mass is 35.5. The lowest BCUT2D eigenvalue weighted by atomic mass is 10.2. The number of nitrogens with zero attached hydrogens (tertiary/aromatic N) is 3. The van der Waals surface area contributed by atoms with Crippen LogP contribution in [0.25, 0.3) is 5.82 Å². The van der Waals surface area contributed by atoms with Gasteiger partial charge in [0, 0.05) is 5.69 Å². The molecular weight excluding hydrogens is 420 g/mol. The average Bonchev–Trinajstić information content (AvgIpc) is 3.08. The summed E-state index contributed by atoms with van der Waals surface area (Å²) in [5, 5.41) is 7.09. The first-order valence-electron chi connectivity index (χ1n) is 9.67. The number of carbonyl (C=O) groups is 2. The number of hydrogen-bond acceptors (Lipinski definition) is 6. The lowest BCUT2D eigenvalue weighted by molar-refractivity contribution is -0.124. The Labute approximate surface area is 185 Å². The molecule has 0 radical (unpaired) electrons. The number of pyridine rings is 1. The van der Waals surface area contributed by atoms with Gasteiger partial charge in [-0.3, -0.25) is 4.79 Å². The highest BCUT2D eigenvalue weighted by Crippen LogP contribution is 2.18. The van der Waals surface area contributed by atoms with E-state index < -0.39 is 18.5 Å². The predicted molar refractivity (Wildman–Crippen MR) is 116 cm³/mol.